The molecule has 1 saturated heterocycles. The molecule has 6 nitrogen and oxygen atoms in total. The number of carboxylic acids is 1. The van der Waals surface area contributed by atoms with Crippen molar-refractivity contribution in [1.82, 2.24) is 10.2 Å². The maximum Gasteiger partial charge on any atom is 0.317 e. The van der Waals surface area contributed by atoms with Crippen LogP contribution >= 0.6 is 0 Å². The molecule has 1 fully saturated rings. The van der Waals surface area contributed by atoms with Gasteiger partial charge in [-0.05, 0) is 43.4 Å². The van der Waals surface area contributed by atoms with Gasteiger partial charge in [0.1, 0.15) is 5.82 Å². The molecule has 1 aromatic rings. The molecule has 1 aliphatic rings. The topological polar surface area (TPSA) is 78.9 Å². The normalized spacial score (nSPS) is 20.3. The molecule has 25 heavy (non-hydrogen) atoms. The monoisotopic (exact) mass is 352 g/mol. The van der Waals surface area contributed by atoms with Gasteiger partial charge in [-0.25, -0.2) is 9.18 Å². The van der Waals surface area contributed by atoms with Crippen molar-refractivity contribution in [3.63, 3.8) is 0 Å². The zero-order valence-corrected chi connectivity index (χ0v) is 14.5. The first kappa shape index (κ1) is 19.2. The fourth-order valence-electron chi connectivity index (χ4n) is 3.28. The molecule has 138 valence electrons. The summed E-state index contributed by atoms with van der Waals surface area (Å²) in [5.41, 5.74) is -0.262. The van der Waals surface area contributed by atoms with Crippen LogP contribution in [-0.2, 0) is 16.1 Å². The van der Waals surface area contributed by atoms with E-state index in [1.165, 1.54) is 12.1 Å². The van der Waals surface area contributed by atoms with Gasteiger partial charge in [0.25, 0.3) is 0 Å². The number of ether oxygens (including phenoxy) is 1. The van der Waals surface area contributed by atoms with Gasteiger partial charge in [0.2, 0.25) is 0 Å². The van der Waals surface area contributed by atoms with Crippen LogP contribution in [0.1, 0.15) is 31.2 Å². The number of hydrogen-bond acceptors (Lipinski definition) is 3. The summed E-state index contributed by atoms with van der Waals surface area (Å²) in [5, 5.41) is 12.4. The number of hydrogen-bond donors (Lipinski definition) is 2. The van der Waals surface area contributed by atoms with Gasteiger partial charge in [-0.1, -0.05) is 12.1 Å². The standard InChI is InChI=1S/C18H25FN2O4/c1-25-10-4-8-18(16(22)23)7-3-9-21(13-18)17(24)20-12-14-5-2-6-15(19)11-14/h2,5-6,11H,3-4,7-10,12-13H2,1H3,(H,20,24)(H,22,23). The smallest absolute Gasteiger partial charge is 0.317 e. The Morgan fingerprint density at radius 3 is 2.92 bits per heavy atom. The summed E-state index contributed by atoms with van der Waals surface area (Å²) in [6.07, 6.45) is 2.32. The number of carbonyl (C=O) groups is 2. The Labute approximate surface area is 147 Å². The Hall–Kier alpha value is -2.15. The minimum Gasteiger partial charge on any atom is -0.481 e. The number of rotatable bonds is 7. The van der Waals surface area contributed by atoms with Crippen molar-refractivity contribution in [3.8, 4) is 0 Å². The molecule has 2 amide bonds. The Bertz CT molecular complexity index is 610. The molecule has 0 aliphatic carbocycles. The van der Waals surface area contributed by atoms with Crippen molar-refractivity contribution in [2.24, 2.45) is 5.41 Å². The second-order valence-corrected chi connectivity index (χ2v) is 6.50. The minimum atomic E-state index is -0.924. The SMILES string of the molecule is COCCCC1(C(=O)O)CCCN(C(=O)NCc2cccc(F)c2)C1. The highest BCUT2D eigenvalue weighted by molar-refractivity contribution is 5.78. The molecule has 0 spiro atoms. The van der Waals surface area contributed by atoms with E-state index in [9.17, 15) is 19.1 Å². The van der Waals surface area contributed by atoms with E-state index < -0.39 is 11.4 Å². The van der Waals surface area contributed by atoms with Gasteiger partial charge in [-0.15, -0.1) is 0 Å². The third-order valence-corrected chi connectivity index (χ3v) is 4.65. The first-order chi connectivity index (χ1) is 12.0. The van der Waals surface area contributed by atoms with E-state index in [2.05, 4.69) is 5.32 Å². The predicted molar refractivity (Wildman–Crippen MR) is 90.6 cm³/mol. The van der Waals surface area contributed by atoms with Crippen molar-refractivity contribution < 1.29 is 23.8 Å². The lowest BCUT2D eigenvalue weighted by atomic mass is 9.76. The number of carbonyl (C=O) groups excluding carboxylic acids is 1. The van der Waals surface area contributed by atoms with Crippen LogP contribution in [0.4, 0.5) is 9.18 Å². The number of benzene rings is 1. The summed E-state index contributed by atoms with van der Waals surface area (Å²) in [4.78, 5) is 25.8. The zero-order valence-electron chi connectivity index (χ0n) is 14.5. The first-order valence-electron chi connectivity index (χ1n) is 8.46. The highest BCUT2D eigenvalue weighted by Crippen LogP contribution is 2.35. The van der Waals surface area contributed by atoms with Crippen LogP contribution < -0.4 is 5.32 Å². The zero-order chi connectivity index (χ0) is 18.3. The van der Waals surface area contributed by atoms with Crippen LogP contribution in [0.5, 0.6) is 0 Å². The third-order valence-electron chi connectivity index (χ3n) is 4.65. The largest absolute Gasteiger partial charge is 0.481 e. The highest BCUT2D eigenvalue weighted by Gasteiger charge is 2.43. The number of amides is 2. The van der Waals surface area contributed by atoms with Gasteiger partial charge >= 0.3 is 12.0 Å². The quantitative estimate of drug-likeness (QED) is 0.740. The van der Waals surface area contributed by atoms with E-state index in [4.69, 9.17) is 4.74 Å². The molecule has 2 rings (SSSR count). The van der Waals surface area contributed by atoms with Crippen LogP contribution in [0.3, 0.4) is 0 Å². The predicted octanol–water partition coefficient (Wildman–Crippen LogP) is 2.63. The maximum atomic E-state index is 13.2. The summed E-state index contributed by atoms with van der Waals surface area (Å²) in [7, 11) is 1.58. The lowest BCUT2D eigenvalue weighted by molar-refractivity contribution is -0.152. The number of likely N-dealkylation sites (tertiary alicyclic amines) is 1. The summed E-state index contributed by atoms with van der Waals surface area (Å²) in [5.74, 6) is -1.22. The van der Waals surface area contributed by atoms with Crippen molar-refractivity contribution >= 4 is 12.0 Å². The van der Waals surface area contributed by atoms with E-state index >= 15 is 0 Å². The second-order valence-electron chi connectivity index (χ2n) is 6.50. The number of nitrogens with one attached hydrogen (secondary N) is 1. The number of carboxylic acid groups (broad SMARTS) is 1. The van der Waals surface area contributed by atoms with E-state index in [1.807, 2.05) is 0 Å². The number of urea groups is 1. The molecule has 0 radical (unpaired) electrons. The molecule has 7 heteroatoms. The summed E-state index contributed by atoms with van der Waals surface area (Å²) in [6.45, 7) is 1.41. The number of aliphatic carboxylic acids is 1. The molecule has 1 unspecified atom stereocenters. The van der Waals surface area contributed by atoms with Crippen molar-refractivity contribution in [3.05, 3.63) is 35.6 Å². The van der Waals surface area contributed by atoms with Gasteiger partial charge in [-0.2, -0.15) is 0 Å². The minimum absolute atomic E-state index is 0.182. The maximum absolute atomic E-state index is 13.2. The lowest BCUT2D eigenvalue weighted by Gasteiger charge is -2.40. The molecule has 2 N–H and O–H groups in total. The summed E-state index contributed by atoms with van der Waals surface area (Å²) >= 11 is 0. The van der Waals surface area contributed by atoms with Crippen LogP contribution in [-0.4, -0.2) is 48.8 Å². The molecular formula is C18H25FN2O4. The van der Waals surface area contributed by atoms with Crippen molar-refractivity contribution in [2.75, 3.05) is 26.8 Å². The Morgan fingerprint density at radius 2 is 2.24 bits per heavy atom. The van der Waals surface area contributed by atoms with Crippen LogP contribution in [0.15, 0.2) is 24.3 Å². The van der Waals surface area contributed by atoms with Gasteiger partial charge in [-0.3, -0.25) is 4.79 Å². The first-order valence-corrected chi connectivity index (χ1v) is 8.46. The van der Waals surface area contributed by atoms with E-state index in [0.717, 1.165) is 0 Å². The molecule has 0 aromatic heterocycles. The van der Waals surface area contributed by atoms with Crippen LogP contribution in [0.2, 0.25) is 0 Å². The average Bonchev–Trinajstić information content (AvgIpc) is 2.60. The second kappa shape index (κ2) is 8.80. The van der Waals surface area contributed by atoms with Crippen LogP contribution in [0, 0.1) is 11.2 Å². The fraction of sp³-hybridized carbons (Fsp3) is 0.556. The number of methoxy groups -OCH3 is 1. The van der Waals surface area contributed by atoms with Crippen molar-refractivity contribution in [1.29, 1.82) is 0 Å². The number of piperidine rings is 1. The average molecular weight is 352 g/mol. The van der Waals surface area contributed by atoms with Gasteiger partial charge in [0, 0.05) is 33.4 Å². The molecule has 1 heterocycles. The highest BCUT2D eigenvalue weighted by atomic mass is 19.1. The van der Waals surface area contributed by atoms with Gasteiger partial charge in [0.05, 0.1) is 5.41 Å². The van der Waals surface area contributed by atoms with E-state index in [-0.39, 0.29) is 24.9 Å². The summed E-state index contributed by atoms with van der Waals surface area (Å²) < 4.78 is 18.2. The molecule has 0 saturated carbocycles. The molecule has 0 bridgehead atoms. The lowest BCUT2D eigenvalue weighted by Crippen LogP contribution is -2.52. The Kier molecular flexibility index (Phi) is 6.75. The molecule has 1 atom stereocenters. The Balaban J connectivity index is 1.95. The van der Waals surface area contributed by atoms with Gasteiger partial charge in [0.15, 0.2) is 0 Å². The molecule has 1 aliphatic heterocycles. The third kappa shape index (κ3) is 5.16. The fourth-order valence-corrected chi connectivity index (χ4v) is 3.28. The molecular weight excluding hydrogens is 327 g/mol. The number of nitrogens with zero attached hydrogens (tertiary/aromatic N) is 1. The van der Waals surface area contributed by atoms with Crippen molar-refractivity contribution in [2.45, 2.75) is 32.2 Å². The van der Waals surface area contributed by atoms with Crippen LogP contribution in [0.25, 0.3) is 0 Å². The number of halogens is 1. The van der Waals surface area contributed by atoms with E-state index in [1.54, 1.807) is 24.1 Å². The summed E-state index contributed by atoms with van der Waals surface area (Å²) in [6, 6.07) is 5.70. The van der Waals surface area contributed by atoms with Gasteiger partial charge < -0.3 is 20.1 Å². The molecule has 1 aromatic carbocycles. The van der Waals surface area contributed by atoms with E-state index in [0.29, 0.717) is 44.4 Å². The Morgan fingerprint density at radius 1 is 1.44 bits per heavy atom.